The molecule has 0 saturated carbocycles. The second-order valence-electron chi connectivity index (χ2n) is 15.5. The van der Waals surface area contributed by atoms with Gasteiger partial charge in [-0.25, -0.2) is 19.6 Å². The Hall–Kier alpha value is -7.47. The number of carbonyl (C=O) groups is 4. The number of alkyl carbamates (subject to hydrolysis) is 2. The van der Waals surface area contributed by atoms with E-state index in [0.29, 0.717) is 23.8 Å². The van der Waals surface area contributed by atoms with Gasteiger partial charge in [-0.2, -0.15) is 5.26 Å². The molecule has 0 radical (unpaired) electrons. The third-order valence-electron chi connectivity index (χ3n) is 11.3. The molecule has 1 aliphatic heterocycles. The van der Waals surface area contributed by atoms with Crippen LogP contribution in [-0.2, 0) is 19.1 Å². The summed E-state index contributed by atoms with van der Waals surface area (Å²) < 4.78 is 9.54. The number of carbonyl (C=O) groups excluding carboxylic acids is 4. The van der Waals surface area contributed by atoms with E-state index in [-0.39, 0.29) is 24.4 Å². The lowest BCUT2D eigenvalue weighted by Crippen LogP contribution is -2.52. The van der Waals surface area contributed by atoms with Gasteiger partial charge in [-0.05, 0) is 70.8 Å². The normalized spacial score (nSPS) is 15.0. The van der Waals surface area contributed by atoms with Crippen LogP contribution in [-0.4, -0.2) is 87.1 Å². The molecule has 6 aromatic rings. The predicted molar refractivity (Wildman–Crippen MR) is 233 cm³/mol. The van der Waals surface area contributed by atoms with Crippen molar-refractivity contribution in [3.63, 3.8) is 0 Å². The van der Waals surface area contributed by atoms with E-state index in [0.717, 1.165) is 57.3 Å². The summed E-state index contributed by atoms with van der Waals surface area (Å²) in [6.45, 7) is 5.77. The Kier molecular flexibility index (Phi) is 13.0. The van der Waals surface area contributed by atoms with Crippen molar-refractivity contribution in [1.82, 2.24) is 40.4 Å². The van der Waals surface area contributed by atoms with Crippen LogP contribution in [0.4, 0.5) is 9.59 Å². The SMILES string of the molecule is COC(=O)NC(C(=O)N(CC#N)[C@@H](C)c1ncc(-c2ccc3cc(-c4ccc(-c5cnc([C@@H]6CCCN6C(=O)[C@H](NC(=O)OC)c6ccccc6)[nH]5)cc4)ccc3c2)[nH]1)C(C)C. The number of aromatic amines is 2. The molecule has 15 nitrogen and oxygen atoms in total. The average molecular weight is 836 g/mol. The van der Waals surface area contributed by atoms with Crippen LogP contribution in [0.5, 0.6) is 0 Å². The van der Waals surface area contributed by atoms with Gasteiger partial charge in [-0.1, -0.05) is 92.7 Å². The first-order valence-electron chi connectivity index (χ1n) is 20.5. The van der Waals surface area contributed by atoms with Gasteiger partial charge in [-0.3, -0.25) is 9.59 Å². The summed E-state index contributed by atoms with van der Waals surface area (Å²) in [5.41, 5.74) is 6.22. The van der Waals surface area contributed by atoms with Gasteiger partial charge in [0.25, 0.3) is 5.91 Å². The smallest absolute Gasteiger partial charge is 0.407 e. The number of H-pyrrole nitrogens is 2. The topological polar surface area (TPSA) is 198 Å². The summed E-state index contributed by atoms with van der Waals surface area (Å²) in [5, 5.41) is 17.0. The maximum absolute atomic E-state index is 13.9. The van der Waals surface area contributed by atoms with Crippen molar-refractivity contribution in [1.29, 1.82) is 5.26 Å². The summed E-state index contributed by atoms with van der Waals surface area (Å²) in [6.07, 6.45) is 3.65. The molecule has 1 saturated heterocycles. The van der Waals surface area contributed by atoms with Crippen molar-refractivity contribution < 1.29 is 28.7 Å². The van der Waals surface area contributed by atoms with Crippen LogP contribution < -0.4 is 10.6 Å². The molecule has 1 unspecified atom stereocenters. The number of rotatable bonds is 13. The zero-order chi connectivity index (χ0) is 43.9. The molecule has 15 heteroatoms. The van der Waals surface area contributed by atoms with Crippen molar-refractivity contribution in [2.45, 2.75) is 57.8 Å². The second-order valence-corrected chi connectivity index (χ2v) is 15.5. The highest BCUT2D eigenvalue weighted by molar-refractivity contribution is 5.91. The van der Waals surface area contributed by atoms with Crippen molar-refractivity contribution >= 4 is 34.8 Å². The number of aromatic nitrogens is 4. The summed E-state index contributed by atoms with van der Waals surface area (Å²) >= 11 is 0. The third kappa shape index (κ3) is 9.14. The number of nitrogens with zero attached hydrogens (tertiary/aromatic N) is 5. The number of fused-ring (bicyclic) bond motifs is 1. The van der Waals surface area contributed by atoms with E-state index < -0.39 is 36.2 Å². The Bertz CT molecular complexity index is 2600. The van der Waals surface area contributed by atoms with Crippen molar-refractivity contribution in [3.05, 3.63) is 121 Å². The average Bonchev–Trinajstić information content (AvgIpc) is 4.11. The Balaban J connectivity index is 1.03. The van der Waals surface area contributed by atoms with Crippen molar-refractivity contribution in [2.24, 2.45) is 5.92 Å². The molecule has 4 N–H and O–H groups in total. The maximum atomic E-state index is 13.9. The van der Waals surface area contributed by atoms with Crippen LogP contribution in [0.3, 0.4) is 0 Å². The molecule has 4 amide bonds. The Morgan fingerprint density at radius 3 is 2.10 bits per heavy atom. The van der Waals surface area contributed by atoms with Gasteiger partial charge in [0.1, 0.15) is 30.3 Å². The number of amides is 4. The molecule has 7 rings (SSSR count). The van der Waals surface area contributed by atoms with E-state index >= 15 is 0 Å². The molecule has 0 spiro atoms. The van der Waals surface area contributed by atoms with Crippen LogP contribution in [0.25, 0.3) is 44.4 Å². The fourth-order valence-corrected chi connectivity index (χ4v) is 7.88. The lowest BCUT2D eigenvalue weighted by atomic mass is 9.98. The molecule has 62 heavy (non-hydrogen) atoms. The van der Waals surface area contributed by atoms with Gasteiger partial charge in [0.05, 0.1) is 56.2 Å². The monoisotopic (exact) mass is 835 g/mol. The van der Waals surface area contributed by atoms with E-state index in [4.69, 9.17) is 14.5 Å². The van der Waals surface area contributed by atoms with E-state index in [1.54, 1.807) is 24.2 Å². The van der Waals surface area contributed by atoms with Crippen LogP contribution in [0.15, 0.2) is 103 Å². The number of hydrogen-bond acceptors (Lipinski definition) is 9. The van der Waals surface area contributed by atoms with Gasteiger partial charge < -0.3 is 39.9 Å². The number of imidazole rings is 2. The molecular formula is C47H49N9O6. The lowest BCUT2D eigenvalue weighted by Gasteiger charge is -2.31. The molecule has 3 heterocycles. The Labute approximate surface area is 359 Å². The van der Waals surface area contributed by atoms with Gasteiger partial charge in [0.15, 0.2) is 0 Å². The largest absolute Gasteiger partial charge is 0.453 e. The van der Waals surface area contributed by atoms with Crippen LogP contribution in [0.1, 0.15) is 69.0 Å². The zero-order valence-corrected chi connectivity index (χ0v) is 35.2. The molecule has 4 atom stereocenters. The molecule has 1 aliphatic rings. The van der Waals surface area contributed by atoms with Gasteiger partial charge >= 0.3 is 12.2 Å². The number of ether oxygens (including phenoxy) is 2. The van der Waals surface area contributed by atoms with E-state index in [2.05, 4.69) is 74.1 Å². The molecule has 4 aromatic carbocycles. The molecule has 2 aromatic heterocycles. The molecule has 318 valence electrons. The molecule has 0 aliphatic carbocycles. The highest BCUT2D eigenvalue weighted by Gasteiger charge is 2.37. The summed E-state index contributed by atoms with van der Waals surface area (Å²) in [7, 11) is 2.51. The van der Waals surface area contributed by atoms with Gasteiger partial charge in [-0.15, -0.1) is 0 Å². The molecule has 1 fully saturated rings. The van der Waals surface area contributed by atoms with E-state index in [1.807, 2.05) is 62.4 Å². The highest BCUT2D eigenvalue weighted by Crippen LogP contribution is 2.35. The lowest BCUT2D eigenvalue weighted by molar-refractivity contribution is -0.136. The fraction of sp³-hybridized carbons (Fsp3) is 0.298. The second kappa shape index (κ2) is 18.8. The number of hydrogen-bond donors (Lipinski definition) is 4. The van der Waals surface area contributed by atoms with E-state index in [9.17, 15) is 24.4 Å². The highest BCUT2D eigenvalue weighted by atomic mass is 16.5. The molecular weight excluding hydrogens is 787 g/mol. The summed E-state index contributed by atoms with van der Waals surface area (Å²) in [4.78, 5) is 70.9. The Morgan fingerprint density at radius 1 is 0.806 bits per heavy atom. The fourth-order valence-electron chi connectivity index (χ4n) is 7.88. The standard InChI is InChI=1S/C47H49N9O6/c1-28(2)40(53-46(59)61-4)44(57)55(23-21-48)29(3)42-49-27-38(51-42)36-20-19-34-24-33(17-18-35(34)25-36)30-13-15-31(16-14-30)37-26-50-43(52-37)39-12-9-22-56(39)45(58)41(54-47(60)62-5)32-10-7-6-8-11-32/h6-8,10-11,13-20,24-29,39-41H,9,12,22-23H2,1-5H3,(H,49,51)(H,50,52)(H,53,59)(H,54,60)/t29-,39-,40?,41+/m0/s1. The van der Waals surface area contributed by atoms with E-state index in [1.165, 1.54) is 19.1 Å². The third-order valence-corrected chi connectivity index (χ3v) is 11.3. The predicted octanol–water partition coefficient (Wildman–Crippen LogP) is 7.84. The minimum atomic E-state index is -0.890. The zero-order valence-electron chi connectivity index (χ0n) is 35.2. The number of nitriles is 1. The number of methoxy groups -OCH3 is 2. The number of benzene rings is 4. The Morgan fingerprint density at radius 2 is 1.42 bits per heavy atom. The van der Waals surface area contributed by atoms with Crippen molar-refractivity contribution in [2.75, 3.05) is 27.3 Å². The minimum absolute atomic E-state index is 0.188. The first-order valence-corrected chi connectivity index (χ1v) is 20.5. The number of likely N-dealkylation sites (tertiary alicyclic amines) is 1. The summed E-state index contributed by atoms with van der Waals surface area (Å²) in [6, 6.07) is 29.3. The minimum Gasteiger partial charge on any atom is -0.453 e. The van der Waals surface area contributed by atoms with Gasteiger partial charge in [0.2, 0.25) is 5.91 Å². The molecule has 0 bridgehead atoms. The van der Waals surface area contributed by atoms with Crippen LogP contribution in [0, 0.1) is 17.2 Å². The first-order chi connectivity index (χ1) is 30.0. The van der Waals surface area contributed by atoms with Crippen LogP contribution in [0.2, 0.25) is 0 Å². The first kappa shape index (κ1) is 42.6. The quantitative estimate of drug-likeness (QED) is 0.0837. The van der Waals surface area contributed by atoms with Crippen molar-refractivity contribution in [3.8, 4) is 39.7 Å². The number of nitrogens with one attached hydrogen (secondary N) is 4. The van der Waals surface area contributed by atoms with Crippen LogP contribution >= 0.6 is 0 Å². The summed E-state index contributed by atoms with van der Waals surface area (Å²) in [5.74, 6) is 0.324. The maximum Gasteiger partial charge on any atom is 0.407 e. The van der Waals surface area contributed by atoms with Gasteiger partial charge in [0, 0.05) is 12.1 Å².